The van der Waals surface area contributed by atoms with Crippen molar-refractivity contribution in [3.8, 4) is 0 Å². The number of carbonyl (C=O) groups is 3. The van der Waals surface area contributed by atoms with Crippen LogP contribution in [0.5, 0.6) is 0 Å². The number of imide groups is 1. The Kier molecular flexibility index (Phi) is 6.17. The summed E-state index contributed by atoms with van der Waals surface area (Å²) < 4.78 is 0. The molecule has 0 saturated carbocycles. The molecule has 0 aromatic carbocycles. The lowest BCUT2D eigenvalue weighted by atomic mass is 9.94. The van der Waals surface area contributed by atoms with E-state index in [4.69, 9.17) is 0 Å². The Balaban J connectivity index is 2.30. The molecule has 0 radical (unpaired) electrons. The number of hydrogen-bond donors (Lipinski definition) is 1. The van der Waals surface area contributed by atoms with Crippen molar-refractivity contribution in [2.45, 2.75) is 59.4 Å². The zero-order valence-electron chi connectivity index (χ0n) is 12.9. The summed E-state index contributed by atoms with van der Waals surface area (Å²) in [6.07, 6.45) is 2.17. The molecule has 1 aliphatic rings. The van der Waals surface area contributed by atoms with E-state index in [1.807, 2.05) is 27.7 Å². The first-order chi connectivity index (χ1) is 9.32. The molecule has 0 aromatic heterocycles. The molecule has 1 heterocycles. The highest BCUT2D eigenvalue weighted by molar-refractivity contribution is 6.03. The van der Waals surface area contributed by atoms with E-state index in [1.54, 1.807) is 0 Å². The van der Waals surface area contributed by atoms with Crippen molar-refractivity contribution in [2.24, 2.45) is 11.8 Å². The van der Waals surface area contributed by atoms with Gasteiger partial charge >= 0.3 is 0 Å². The third-order valence-corrected chi connectivity index (χ3v) is 3.57. The second kappa shape index (κ2) is 7.41. The molecule has 3 amide bonds. The molecule has 114 valence electrons. The van der Waals surface area contributed by atoms with E-state index in [-0.39, 0.29) is 35.6 Å². The highest BCUT2D eigenvalue weighted by Crippen LogP contribution is 2.26. The Morgan fingerprint density at radius 1 is 1.25 bits per heavy atom. The standard InChI is InChI=1S/C15H26N2O3/c1-10(2)12-9-14(19)17(15(12)20)8-6-5-7-13(18)16-11(3)4/h10-12H,5-9H2,1-4H3,(H,16,18). The summed E-state index contributed by atoms with van der Waals surface area (Å²) in [5.41, 5.74) is 0. The van der Waals surface area contributed by atoms with Crippen LogP contribution >= 0.6 is 0 Å². The van der Waals surface area contributed by atoms with Crippen molar-refractivity contribution in [3.63, 3.8) is 0 Å². The molecular weight excluding hydrogens is 256 g/mol. The zero-order chi connectivity index (χ0) is 15.3. The van der Waals surface area contributed by atoms with Crippen molar-refractivity contribution >= 4 is 17.7 Å². The van der Waals surface area contributed by atoms with E-state index in [9.17, 15) is 14.4 Å². The van der Waals surface area contributed by atoms with Gasteiger partial charge in [-0.2, -0.15) is 0 Å². The lowest BCUT2D eigenvalue weighted by Crippen LogP contribution is -2.33. The molecule has 0 spiro atoms. The first kappa shape index (κ1) is 16.7. The van der Waals surface area contributed by atoms with Gasteiger partial charge in [-0.3, -0.25) is 19.3 Å². The Morgan fingerprint density at radius 3 is 2.40 bits per heavy atom. The Labute approximate surface area is 121 Å². The summed E-state index contributed by atoms with van der Waals surface area (Å²) in [6.45, 7) is 8.22. The quantitative estimate of drug-likeness (QED) is 0.571. The summed E-state index contributed by atoms with van der Waals surface area (Å²) in [5, 5.41) is 2.82. The Morgan fingerprint density at radius 2 is 1.90 bits per heavy atom. The maximum absolute atomic E-state index is 12.1. The second-order valence-electron chi connectivity index (χ2n) is 6.12. The number of nitrogens with one attached hydrogen (secondary N) is 1. The van der Waals surface area contributed by atoms with Crippen molar-refractivity contribution in [3.05, 3.63) is 0 Å². The van der Waals surface area contributed by atoms with Gasteiger partial charge in [0.1, 0.15) is 0 Å². The fourth-order valence-electron chi connectivity index (χ4n) is 2.41. The second-order valence-corrected chi connectivity index (χ2v) is 6.12. The molecule has 20 heavy (non-hydrogen) atoms. The van der Waals surface area contributed by atoms with Gasteiger partial charge in [-0.25, -0.2) is 0 Å². The lowest BCUT2D eigenvalue weighted by Gasteiger charge is -2.16. The van der Waals surface area contributed by atoms with E-state index < -0.39 is 0 Å². The van der Waals surface area contributed by atoms with Crippen LogP contribution in [-0.4, -0.2) is 35.2 Å². The SMILES string of the molecule is CC(C)NC(=O)CCCCN1C(=O)CC(C(C)C)C1=O. The minimum absolute atomic E-state index is 0.0270. The normalized spacial score (nSPS) is 19.3. The minimum atomic E-state index is -0.160. The van der Waals surface area contributed by atoms with Gasteiger partial charge in [0.05, 0.1) is 0 Å². The lowest BCUT2D eigenvalue weighted by molar-refractivity contribution is -0.139. The molecule has 5 heteroatoms. The van der Waals surface area contributed by atoms with Crippen molar-refractivity contribution < 1.29 is 14.4 Å². The molecule has 1 atom stereocenters. The van der Waals surface area contributed by atoms with E-state index >= 15 is 0 Å². The third-order valence-electron chi connectivity index (χ3n) is 3.57. The first-order valence-corrected chi connectivity index (χ1v) is 7.46. The van der Waals surface area contributed by atoms with E-state index in [0.29, 0.717) is 32.2 Å². The monoisotopic (exact) mass is 282 g/mol. The van der Waals surface area contributed by atoms with E-state index in [0.717, 1.165) is 0 Å². The van der Waals surface area contributed by atoms with Crippen LogP contribution in [0.15, 0.2) is 0 Å². The smallest absolute Gasteiger partial charge is 0.233 e. The Hall–Kier alpha value is -1.39. The number of likely N-dealkylation sites (tertiary alicyclic amines) is 1. The van der Waals surface area contributed by atoms with Crippen LogP contribution in [0.2, 0.25) is 0 Å². The van der Waals surface area contributed by atoms with Crippen molar-refractivity contribution in [2.75, 3.05) is 6.54 Å². The summed E-state index contributed by atoms with van der Waals surface area (Å²) >= 11 is 0. The molecular formula is C15H26N2O3. The Bertz CT molecular complexity index is 377. The average molecular weight is 282 g/mol. The molecule has 1 unspecified atom stereocenters. The average Bonchev–Trinajstić information content (AvgIpc) is 2.60. The molecule has 1 saturated heterocycles. The zero-order valence-corrected chi connectivity index (χ0v) is 12.9. The summed E-state index contributed by atoms with van der Waals surface area (Å²) in [7, 11) is 0. The van der Waals surface area contributed by atoms with Gasteiger partial charge < -0.3 is 5.32 Å². The van der Waals surface area contributed by atoms with Crippen LogP contribution in [-0.2, 0) is 14.4 Å². The number of hydrogen-bond acceptors (Lipinski definition) is 3. The number of amides is 3. The number of rotatable bonds is 7. The highest BCUT2D eigenvalue weighted by atomic mass is 16.2. The topological polar surface area (TPSA) is 66.5 Å². The van der Waals surface area contributed by atoms with Crippen LogP contribution in [0.25, 0.3) is 0 Å². The fraction of sp³-hybridized carbons (Fsp3) is 0.800. The maximum atomic E-state index is 12.1. The van der Waals surface area contributed by atoms with Gasteiger partial charge in [-0.15, -0.1) is 0 Å². The predicted molar refractivity (Wildman–Crippen MR) is 76.8 cm³/mol. The summed E-state index contributed by atoms with van der Waals surface area (Å²) in [5.74, 6) is -0.0453. The molecule has 0 bridgehead atoms. The largest absolute Gasteiger partial charge is 0.354 e. The maximum Gasteiger partial charge on any atom is 0.233 e. The number of carbonyl (C=O) groups excluding carboxylic acids is 3. The van der Waals surface area contributed by atoms with Crippen molar-refractivity contribution in [1.29, 1.82) is 0 Å². The minimum Gasteiger partial charge on any atom is -0.354 e. The molecule has 1 N–H and O–H groups in total. The van der Waals surface area contributed by atoms with Crippen LogP contribution < -0.4 is 5.32 Å². The molecule has 1 fully saturated rings. The van der Waals surface area contributed by atoms with Gasteiger partial charge in [-0.05, 0) is 32.6 Å². The number of unbranched alkanes of at least 4 members (excludes halogenated alkanes) is 1. The van der Waals surface area contributed by atoms with Gasteiger partial charge in [0.25, 0.3) is 0 Å². The van der Waals surface area contributed by atoms with Gasteiger partial charge in [0.2, 0.25) is 17.7 Å². The van der Waals surface area contributed by atoms with E-state index in [2.05, 4.69) is 5.32 Å². The fourth-order valence-corrected chi connectivity index (χ4v) is 2.41. The molecule has 0 aromatic rings. The van der Waals surface area contributed by atoms with Crippen molar-refractivity contribution in [1.82, 2.24) is 10.2 Å². The predicted octanol–water partition coefficient (Wildman–Crippen LogP) is 1.71. The molecule has 1 rings (SSSR count). The first-order valence-electron chi connectivity index (χ1n) is 7.46. The van der Waals surface area contributed by atoms with Crippen LogP contribution in [0.4, 0.5) is 0 Å². The molecule has 1 aliphatic heterocycles. The van der Waals surface area contributed by atoms with Crippen LogP contribution in [0.3, 0.4) is 0 Å². The number of nitrogens with zero attached hydrogens (tertiary/aromatic N) is 1. The van der Waals surface area contributed by atoms with Gasteiger partial charge in [0, 0.05) is 31.3 Å². The van der Waals surface area contributed by atoms with E-state index in [1.165, 1.54) is 4.90 Å². The van der Waals surface area contributed by atoms with Crippen LogP contribution in [0.1, 0.15) is 53.4 Å². The third kappa shape index (κ3) is 4.62. The van der Waals surface area contributed by atoms with Gasteiger partial charge in [0.15, 0.2) is 0 Å². The van der Waals surface area contributed by atoms with Gasteiger partial charge in [-0.1, -0.05) is 13.8 Å². The van der Waals surface area contributed by atoms with Crippen LogP contribution in [0, 0.1) is 11.8 Å². The molecule has 5 nitrogen and oxygen atoms in total. The molecule has 0 aliphatic carbocycles. The summed E-state index contributed by atoms with van der Waals surface area (Å²) in [6, 6.07) is 0.149. The highest BCUT2D eigenvalue weighted by Gasteiger charge is 2.39. The summed E-state index contributed by atoms with van der Waals surface area (Å²) in [4.78, 5) is 36.7.